The van der Waals surface area contributed by atoms with Gasteiger partial charge in [0.1, 0.15) is 17.5 Å². The fourth-order valence-corrected chi connectivity index (χ4v) is 2.50. The van der Waals surface area contributed by atoms with Crippen molar-refractivity contribution in [2.75, 3.05) is 6.54 Å². The highest BCUT2D eigenvalue weighted by Crippen LogP contribution is 2.27. The Labute approximate surface area is 116 Å². The Morgan fingerprint density at radius 1 is 1.20 bits per heavy atom. The van der Waals surface area contributed by atoms with E-state index in [1.165, 1.54) is 17.0 Å². The van der Waals surface area contributed by atoms with E-state index in [0.29, 0.717) is 13.0 Å². The molecule has 2 unspecified atom stereocenters. The van der Waals surface area contributed by atoms with E-state index < -0.39 is 17.9 Å². The Hall–Kier alpha value is -2.24. The normalized spacial score (nSPS) is 22.6. The maximum Gasteiger partial charge on any atom is 0.326 e. The lowest BCUT2D eigenvalue weighted by Crippen LogP contribution is -2.49. The first-order valence-electron chi connectivity index (χ1n) is 6.45. The molecule has 0 aromatic heterocycles. The number of aliphatic carboxylic acids is 1. The molecule has 2 rings (SSSR count). The number of nitrogens with zero attached hydrogens (tertiary/aromatic N) is 1. The van der Waals surface area contributed by atoms with Crippen molar-refractivity contribution in [1.82, 2.24) is 4.90 Å². The average Bonchev–Trinajstić information content (AvgIpc) is 2.36. The number of carbonyl (C=O) groups is 2. The van der Waals surface area contributed by atoms with Gasteiger partial charge in [-0.05, 0) is 30.9 Å². The van der Waals surface area contributed by atoms with Crippen LogP contribution in [0.1, 0.15) is 30.1 Å². The van der Waals surface area contributed by atoms with Crippen molar-refractivity contribution in [2.45, 2.75) is 25.8 Å². The van der Waals surface area contributed by atoms with Crippen molar-refractivity contribution in [2.24, 2.45) is 5.92 Å². The molecule has 1 heterocycles. The number of phenolic OH excluding ortho intramolecular Hbond substituents is 2. The Balaban J connectivity index is 2.28. The minimum Gasteiger partial charge on any atom is -0.508 e. The Morgan fingerprint density at radius 2 is 1.80 bits per heavy atom. The molecule has 1 fully saturated rings. The zero-order valence-electron chi connectivity index (χ0n) is 11.1. The smallest absolute Gasteiger partial charge is 0.326 e. The zero-order valence-corrected chi connectivity index (χ0v) is 11.1. The lowest BCUT2D eigenvalue weighted by atomic mass is 9.92. The molecule has 1 aromatic carbocycles. The SMILES string of the molecule is CC1CCN(C(=O)c2cc(O)cc(O)c2)C(C(=O)O)C1. The van der Waals surface area contributed by atoms with Gasteiger partial charge in [0, 0.05) is 18.2 Å². The van der Waals surface area contributed by atoms with Crippen LogP contribution in [0, 0.1) is 5.92 Å². The van der Waals surface area contributed by atoms with Crippen LogP contribution in [0.3, 0.4) is 0 Å². The number of amides is 1. The number of hydrogen-bond acceptors (Lipinski definition) is 4. The van der Waals surface area contributed by atoms with Gasteiger partial charge in [0.2, 0.25) is 0 Å². The minimum atomic E-state index is -1.03. The van der Waals surface area contributed by atoms with Crippen LogP contribution in [0.5, 0.6) is 11.5 Å². The molecule has 1 aromatic rings. The summed E-state index contributed by atoms with van der Waals surface area (Å²) in [4.78, 5) is 24.9. The quantitative estimate of drug-likeness (QED) is 0.760. The number of carboxylic acid groups (broad SMARTS) is 1. The topological polar surface area (TPSA) is 98.1 Å². The molecule has 1 amide bonds. The molecule has 1 aliphatic rings. The van der Waals surface area contributed by atoms with Gasteiger partial charge in [0.15, 0.2) is 0 Å². The van der Waals surface area contributed by atoms with Crippen molar-refractivity contribution in [1.29, 1.82) is 0 Å². The van der Waals surface area contributed by atoms with Crippen molar-refractivity contribution < 1.29 is 24.9 Å². The summed E-state index contributed by atoms with van der Waals surface area (Å²) < 4.78 is 0. The Morgan fingerprint density at radius 3 is 2.35 bits per heavy atom. The van der Waals surface area contributed by atoms with Crippen LogP contribution < -0.4 is 0 Å². The van der Waals surface area contributed by atoms with E-state index in [4.69, 9.17) is 0 Å². The highest BCUT2D eigenvalue weighted by atomic mass is 16.4. The van der Waals surface area contributed by atoms with Gasteiger partial charge in [-0.25, -0.2) is 4.79 Å². The minimum absolute atomic E-state index is 0.0864. The molecule has 1 aliphatic heterocycles. The predicted molar refractivity (Wildman–Crippen MR) is 70.6 cm³/mol. The van der Waals surface area contributed by atoms with Crippen LogP contribution in [0.15, 0.2) is 18.2 Å². The summed E-state index contributed by atoms with van der Waals surface area (Å²) in [5.74, 6) is -1.74. The first-order chi connectivity index (χ1) is 9.38. The lowest BCUT2D eigenvalue weighted by Gasteiger charge is -2.36. The van der Waals surface area contributed by atoms with E-state index >= 15 is 0 Å². The Kier molecular flexibility index (Phi) is 3.83. The molecule has 0 radical (unpaired) electrons. The molecule has 3 N–H and O–H groups in total. The van der Waals surface area contributed by atoms with Gasteiger partial charge in [-0.3, -0.25) is 4.79 Å². The first-order valence-corrected chi connectivity index (χ1v) is 6.45. The zero-order chi connectivity index (χ0) is 14.9. The molecule has 6 heteroatoms. The molecule has 20 heavy (non-hydrogen) atoms. The standard InChI is InChI=1S/C14H17NO5/c1-8-2-3-15(12(4-8)14(19)20)13(18)9-5-10(16)7-11(17)6-9/h5-8,12,16-17H,2-4H2,1H3,(H,19,20). The maximum atomic E-state index is 12.4. The molecule has 2 atom stereocenters. The van der Waals surface area contributed by atoms with E-state index in [9.17, 15) is 24.9 Å². The first kappa shape index (κ1) is 14.2. The van der Waals surface area contributed by atoms with Crippen LogP contribution in [0.2, 0.25) is 0 Å². The third-order valence-electron chi connectivity index (χ3n) is 3.56. The summed E-state index contributed by atoms with van der Waals surface area (Å²) in [5, 5.41) is 28.1. The van der Waals surface area contributed by atoms with Gasteiger partial charge in [0.05, 0.1) is 0 Å². The summed E-state index contributed by atoms with van der Waals surface area (Å²) in [6.45, 7) is 2.31. The lowest BCUT2D eigenvalue weighted by molar-refractivity contribution is -0.144. The van der Waals surface area contributed by atoms with Gasteiger partial charge >= 0.3 is 5.97 Å². The van der Waals surface area contributed by atoms with Crippen LogP contribution in [0.4, 0.5) is 0 Å². The number of rotatable bonds is 2. The number of aromatic hydroxyl groups is 2. The molecule has 0 aliphatic carbocycles. The number of carboxylic acids is 1. The molecule has 0 saturated carbocycles. The van der Waals surface area contributed by atoms with E-state index in [2.05, 4.69) is 0 Å². The summed E-state index contributed by atoms with van der Waals surface area (Å²) >= 11 is 0. The predicted octanol–water partition coefficient (Wildman–Crippen LogP) is 1.42. The number of hydrogen-bond donors (Lipinski definition) is 3. The number of benzene rings is 1. The Bertz CT molecular complexity index is 522. The van der Waals surface area contributed by atoms with Gasteiger partial charge in [-0.15, -0.1) is 0 Å². The molecule has 6 nitrogen and oxygen atoms in total. The number of carbonyl (C=O) groups excluding carboxylic acids is 1. The van der Waals surface area contributed by atoms with E-state index in [1.807, 2.05) is 6.92 Å². The number of piperidine rings is 1. The molecule has 0 spiro atoms. The number of phenols is 2. The van der Waals surface area contributed by atoms with Crippen molar-refractivity contribution in [3.63, 3.8) is 0 Å². The van der Waals surface area contributed by atoms with E-state index in [-0.39, 0.29) is 23.0 Å². The monoisotopic (exact) mass is 279 g/mol. The fourth-order valence-electron chi connectivity index (χ4n) is 2.50. The highest BCUT2D eigenvalue weighted by molar-refractivity contribution is 5.97. The molecule has 0 bridgehead atoms. The van der Waals surface area contributed by atoms with Gasteiger partial charge < -0.3 is 20.2 Å². The molecular weight excluding hydrogens is 262 g/mol. The second-order valence-electron chi connectivity index (χ2n) is 5.22. The second-order valence-corrected chi connectivity index (χ2v) is 5.22. The molecule has 108 valence electrons. The summed E-state index contributed by atoms with van der Waals surface area (Å²) in [5.41, 5.74) is 0.0864. The number of likely N-dealkylation sites (tertiary alicyclic amines) is 1. The summed E-state index contributed by atoms with van der Waals surface area (Å²) in [6.07, 6.45) is 1.15. The summed E-state index contributed by atoms with van der Waals surface area (Å²) in [7, 11) is 0. The van der Waals surface area contributed by atoms with Crippen molar-refractivity contribution >= 4 is 11.9 Å². The van der Waals surface area contributed by atoms with Crippen LogP contribution >= 0.6 is 0 Å². The van der Waals surface area contributed by atoms with E-state index in [1.54, 1.807) is 0 Å². The third-order valence-corrected chi connectivity index (χ3v) is 3.56. The van der Waals surface area contributed by atoms with Crippen LogP contribution in [-0.2, 0) is 4.79 Å². The summed E-state index contributed by atoms with van der Waals surface area (Å²) in [6, 6.07) is 2.69. The highest BCUT2D eigenvalue weighted by Gasteiger charge is 2.35. The van der Waals surface area contributed by atoms with Crippen molar-refractivity contribution in [3.8, 4) is 11.5 Å². The van der Waals surface area contributed by atoms with Crippen LogP contribution in [0.25, 0.3) is 0 Å². The van der Waals surface area contributed by atoms with Crippen LogP contribution in [-0.4, -0.2) is 44.7 Å². The molecular formula is C14H17NO5. The van der Waals surface area contributed by atoms with Gasteiger partial charge in [-0.1, -0.05) is 6.92 Å². The van der Waals surface area contributed by atoms with Gasteiger partial charge in [0.25, 0.3) is 5.91 Å². The molecule has 1 saturated heterocycles. The van der Waals surface area contributed by atoms with Gasteiger partial charge in [-0.2, -0.15) is 0 Å². The third kappa shape index (κ3) is 2.84. The maximum absolute atomic E-state index is 12.4. The van der Waals surface area contributed by atoms with E-state index in [0.717, 1.165) is 12.5 Å². The second kappa shape index (κ2) is 5.40. The largest absolute Gasteiger partial charge is 0.508 e. The average molecular weight is 279 g/mol. The van der Waals surface area contributed by atoms with Crippen molar-refractivity contribution in [3.05, 3.63) is 23.8 Å². The fraction of sp³-hybridized carbons (Fsp3) is 0.429.